The van der Waals surface area contributed by atoms with Crippen LogP contribution in [-0.4, -0.2) is 47.7 Å². The van der Waals surface area contributed by atoms with Gasteiger partial charge in [-0.2, -0.15) is 0 Å². The highest BCUT2D eigenvalue weighted by molar-refractivity contribution is 5.78. The predicted octanol–water partition coefficient (Wildman–Crippen LogP) is 1.38. The third-order valence-electron chi connectivity index (χ3n) is 3.03. The average Bonchev–Trinajstić information content (AvgIpc) is 2.30. The van der Waals surface area contributed by atoms with E-state index in [1.807, 2.05) is 0 Å². The Morgan fingerprint density at radius 2 is 1.88 bits per heavy atom. The molecule has 4 nitrogen and oxygen atoms in total. The maximum absolute atomic E-state index is 11.8. The Bertz CT molecular complexity index is 204. The van der Waals surface area contributed by atoms with E-state index in [0.29, 0.717) is 12.6 Å². The Hall–Kier alpha value is -0.610. The normalized spacial score (nSPS) is 11.5. The fourth-order valence-electron chi connectivity index (χ4n) is 1.74. The third-order valence-corrected chi connectivity index (χ3v) is 3.03. The van der Waals surface area contributed by atoms with Crippen LogP contribution in [-0.2, 0) is 4.79 Å². The number of amides is 1. The molecule has 0 atom stereocenters. The highest BCUT2D eigenvalue weighted by Gasteiger charge is 2.15. The van der Waals surface area contributed by atoms with Crippen LogP contribution in [0.3, 0.4) is 0 Å². The summed E-state index contributed by atoms with van der Waals surface area (Å²) in [6, 6.07) is 0.614. The van der Waals surface area contributed by atoms with Crippen molar-refractivity contribution in [2.75, 3.05) is 19.7 Å². The van der Waals surface area contributed by atoms with Gasteiger partial charge in [-0.15, -0.1) is 0 Å². The molecule has 2 N–H and O–H groups in total. The molecule has 0 heterocycles. The van der Waals surface area contributed by atoms with E-state index in [2.05, 4.69) is 37.9 Å². The molecule has 0 aliphatic rings. The smallest absolute Gasteiger partial charge is 0.234 e. The van der Waals surface area contributed by atoms with Gasteiger partial charge < -0.3 is 10.4 Å². The third kappa shape index (κ3) is 7.34. The van der Waals surface area contributed by atoms with Gasteiger partial charge in [-0.25, -0.2) is 0 Å². The molecule has 0 saturated carbocycles. The SMILES string of the molecule is CCC(CC)NC(=O)CN(CCCO)C(C)C. The summed E-state index contributed by atoms with van der Waals surface area (Å²) in [6.07, 6.45) is 2.66. The van der Waals surface area contributed by atoms with Crippen LogP contribution in [0.2, 0.25) is 0 Å². The Morgan fingerprint density at radius 3 is 2.29 bits per heavy atom. The lowest BCUT2D eigenvalue weighted by Crippen LogP contribution is -2.44. The monoisotopic (exact) mass is 244 g/mol. The molecule has 0 unspecified atom stereocenters. The lowest BCUT2D eigenvalue weighted by molar-refractivity contribution is -0.123. The number of rotatable bonds is 9. The van der Waals surface area contributed by atoms with Gasteiger partial charge in [0.2, 0.25) is 5.91 Å². The van der Waals surface area contributed by atoms with E-state index in [4.69, 9.17) is 5.11 Å². The molecule has 0 rings (SSSR count). The highest BCUT2D eigenvalue weighted by Crippen LogP contribution is 2.01. The van der Waals surface area contributed by atoms with Crippen molar-refractivity contribution in [2.45, 2.75) is 59.0 Å². The number of hydrogen-bond donors (Lipinski definition) is 2. The fraction of sp³-hybridized carbons (Fsp3) is 0.923. The molecule has 0 aliphatic heterocycles. The van der Waals surface area contributed by atoms with E-state index in [1.54, 1.807) is 0 Å². The summed E-state index contributed by atoms with van der Waals surface area (Å²) < 4.78 is 0. The van der Waals surface area contributed by atoms with Crippen LogP contribution >= 0.6 is 0 Å². The van der Waals surface area contributed by atoms with E-state index in [1.165, 1.54) is 0 Å². The van der Waals surface area contributed by atoms with Gasteiger partial charge in [0.1, 0.15) is 0 Å². The Labute approximate surface area is 105 Å². The van der Waals surface area contributed by atoms with Crippen LogP contribution in [0, 0.1) is 0 Å². The first kappa shape index (κ1) is 16.4. The van der Waals surface area contributed by atoms with Crippen molar-refractivity contribution < 1.29 is 9.90 Å². The predicted molar refractivity (Wildman–Crippen MR) is 70.9 cm³/mol. The molecule has 0 aromatic rings. The molecule has 0 aromatic heterocycles. The van der Waals surface area contributed by atoms with Crippen LogP contribution in [0.1, 0.15) is 47.0 Å². The number of carbonyl (C=O) groups excluding carboxylic acids is 1. The van der Waals surface area contributed by atoms with E-state index >= 15 is 0 Å². The molecular formula is C13H28N2O2. The van der Waals surface area contributed by atoms with Crippen LogP contribution < -0.4 is 5.32 Å². The number of hydrogen-bond acceptors (Lipinski definition) is 3. The Kier molecular flexibility index (Phi) is 9.09. The molecule has 4 heteroatoms. The lowest BCUT2D eigenvalue weighted by atomic mass is 10.2. The van der Waals surface area contributed by atoms with Crippen molar-refractivity contribution in [3.8, 4) is 0 Å². The van der Waals surface area contributed by atoms with Crippen molar-refractivity contribution in [3.05, 3.63) is 0 Å². The van der Waals surface area contributed by atoms with Gasteiger partial charge in [-0.1, -0.05) is 13.8 Å². The standard InChI is InChI=1S/C13H28N2O2/c1-5-12(6-2)14-13(17)10-15(11(3)4)8-7-9-16/h11-12,16H,5-10H2,1-4H3,(H,14,17). The van der Waals surface area contributed by atoms with Crippen molar-refractivity contribution >= 4 is 5.91 Å². The average molecular weight is 244 g/mol. The highest BCUT2D eigenvalue weighted by atomic mass is 16.3. The first-order valence-electron chi connectivity index (χ1n) is 6.69. The summed E-state index contributed by atoms with van der Waals surface area (Å²) in [4.78, 5) is 13.9. The zero-order chi connectivity index (χ0) is 13.3. The van der Waals surface area contributed by atoms with Gasteiger partial charge in [0.05, 0.1) is 6.54 Å². The molecule has 0 bridgehead atoms. The number of aliphatic hydroxyl groups is 1. The molecule has 0 aliphatic carbocycles. The summed E-state index contributed by atoms with van der Waals surface area (Å²) in [5.41, 5.74) is 0. The van der Waals surface area contributed by atoms with Gasteiger partial charge in [0.15, 0.2) is 0 Å². The molecule has 0 radical (unpaired) electrons. The second kappa shape index (κ2) is 9.42. The summed E-state index contributed by atoms with van der Waals surface area (Å²) >= 11 is 0. The van der Waals surface area contributed by atoms with Crippen molar-refractivity contribution in [1.82, 2.24) is 10.2 Å². The second-order valence-electron chi connectivity index (χ2n) is 4.72. The van der Waals surface area contributed by atoms with Crippen molar-refractivity contribution in [1.29, 1.82) is 0 Å². The maximum Gasteiger partial charge on any atom is 0.234 e. The minimum Gasteiger partial charge on any atom is -0.396 e. The molecule has 0 spiro atoms. The molecule has 17 heavy (non-hydrogen) atoms. The Morgan fingerprint density at radius 1 is 1.29 bits per heavy atom. The van der Waals surface area contributed by atoms with Crippen molar-refractivity contribution in [3.63, 3.8) is 0 Å². The lowest BCUT2D eigenvalue weighted by Gasteiger charge is -2.26. The summed E-state index contributed by atoms with van der Waals surface area (Å²) in [6.45, 7) is 9.68. The van der Waals surface area contributed by atoms with Gasteiger partial charge >= 0.3 is 0 Å². The fourth-order valence-corrected chi connectivity index (χ4v) is 1.74. The van der Waals surface area contributed by atoms with E-state index in [-0.39, 0.29) is 18.6 Å². The van der Waals surface area contributed by atoms with Crippen molar-refractivity contribution in [2.24, 2.45) is 0 Å². The quantitative estimate of drug-likeness (QED) is 0.644. The first-order chi connectivity index (χ1) is 8.04. The van der Waals surface area contributed by atoms with E-state index in [0.717, 1.165) is 25.8 Å². The maximum atomic E-state index is 11.8. The molecule has 0 aromatic carbocycles. The van der Waals surface area contributed by atoms with Crippen LogP contribution in [0.4, 0.5) is 0 Å². The zero-order valence-electron chi connectivity index (χ0n) is 11.7. The number of nitrogens with one attached hydrogen (secondary N) is 1. The Balaban J connectivity index is 4.11. The minimum atomic E-state index is 0.0883. The van der Waals surface area contributed by atoms with Gasteiger partial charge in [0, 0.05) is 25.2 Å². The van der Waals surface area contributed by atoms with Gasteiger partial charge in [-0.3, -0.25) is 9.69 Å². The zero-order valence-corrected chi connectivity index (χ0v) is 11.7. The number of aliphatic hydroxyl groups excluding tert-OH is 1. The topological polar surface area (TPSA) is 52.6 Å². The number of carbonyl (C=O) groups is 1. The summed E-state index contributed by atoms with van der Waals surface area (Å²) in [7, 11) is 0. The van der Waals surface area contributed by atoms with E-state index < -0.39 is 0 Å². The molecular weight excluding hydrogens is 216 g/mol. The first-order valence-corrected chi connectivity index (χ1v) is 6.69. The van der Waals surface area contributed by atoms with Gasteiger partial charge in [-0.05, 0) is 33.1 Å². The largest absolute Gasteiger partial charge is 0.396 e. The van der Waals surface area contributed by atoms with Crippen LogP contribution in [0.15, 0.2) is 0 Å². The summed E-state index contributed by atoms with van der Waals surface area (Å²) in [5.74, 6) is 0.0883. The number of nitrogens with zero attached hydrogens (tertiary/aromatic N) is 1. The summed E-state index contributed by atoms with van der Waals surface area (Å²) in [5, 5.41) is 11.9. The molecule has 102 valence electrons. The van der Waals surface area contributed by atoms with Crippen LogP contribution in [0.25, 0.3) is 0 Å². The van der Waals surface area contributed by atoms with E-state index in [9.17, 15) is 4.79 Å². The molecule has 1 amide bonds. The second-order valence-corrected chi connectivity index (χ2v) is 4.72. The molecule has 0 saturated heterocycles. The van der Waals surface area contributed by atoms with Crippen LogP contribution in [0.5, 0.6) is 0 Å². The molecule has 0 fully saturated rings. The van der Waals surface area contributed by atoms with Gasteiger partial charge in [0.25, 0.3) is 0 Å². The minimum absolute atomic E-state index is 0.0883.